The minimum absolute atomic E-state index is 0.00130. The molecule has 3 aromatic heterocycles. The molecule has 15 atom stereocenters. The number of carboxylic acid groups (broad SMARTS) is 2. The van der Waals surface area contributed by atoms with Gasteiger partial charge in [-0.25, -0.2) is 4.98 Å². The van der Waals surface area contributed by atoms with Crippen LogP contribution in [-0.2, 0) is 119 Å². The second kappa shape index (κ2) is 53.5. The van der Waals surface area contributed by atoms with E-state index in [-0.39, 0.29) is 133 Å². The summed E-state index contributed by atoms with van der Waals surface area (Å²) in [5.41, 5.74) is 20.1. The SMILES string of the molecule is CCCC[C@H]1C(=O)N(C)[C@@H](CCCC)C(=O)N[C@@H](CC(C)C)C(=O)N[C@H](C(=O)NCC(N)=O)CCCC(=O)N[C@@H](Cc2ccc(O)cc2)C(=O)N(C)[C@@H](C)C(=O)N[C@@H](CC(=O)O)C(=O)N2CCC[C@H]2C(=O)N[C@@H](Cc2c[nH]cn2)C(=O)N[C@@H](CCCCN)C(=O)N2C[C@H](O)C[C@H]2C(=O)N[C@@H](Cc2c[nH]c3ccccc23)C(=O)N[C@@H](CCCCN)C(=O)N[C@@H](Cc2cn(CC(=O)O)c3ccccc23)C(=O)N1C. The normalized spacial score (nSPS) is 24.3. The van der Waals surface area contributed by atoms with Gasteiger partial charge >= 0.3 is 11.9 Å². The molecule has 16 amide bonds. The molecule has 0 spiro atoms. The average Bonchev–Trinajstić information content (AvgIpc) is 1.72. The number of phenols is 1. The summed E-state index contributed by atoms with van der Waals surface area (Å²) in [5, 5.41) is 70.5. The molecule has 141 heavy (non-hydrogen) atoms. The number of carboxylic acids is 2. The lowest BCUT2D eigenvalue weighted by molar-refractivity contribution is -0.149. The number of rotatable bonds is 31. The van der Waals surface area contributed by atoms with Crippen LogP contribution in [-0.4, -0.2) is 315 Å². The number of imidazole rings is 1. The number of aliphatic hydroxyl groups is 1. The topological polar surface area (TPSA) is 652 Å². The Hall–Kier alpha value is -13.9. The van der Waals surface area contributed by atoms with Gasteiger partial charge in [0, 0.05) is 113 Å². The molecule has 3 fully saturated rings. The molecule has 9 rings (SSSR count). The Morgan fingerprint density at radius 1 is 0.525 bits per heavy atom. The van der Waals surface area contributed by atoms with Crippen LogP contribution >= 0.6 is 0 Å². The number of primary amides is 1. The number of amides is 16. The zero-order chi connectivity index (χ0) is 103. The Balaban J connectivity index is 1.13. The summed E-state index contributed by atoms with van der Waals surface area (Å²) in [5.74, 6) is -18.0. The highest BCUT2D eigenvalue weighted by Gasteiger charge is 2.47. The summed E-state index contributed by atoms with van der Waals surface area (Å²) < 4.78 is 1.45. The molecule has 22 N–H and O–H groups in total. The highest BCUT2D eigenvalue weighted by Crippen LogP contribution is 2.29. The molecule has 0 unspecified atom stereocenters. The van der Waals surface area contributed by atoms with Crippen LogP contribution in [0.1, 0.15) is 185 Å². The van der Waals surface area contributed by atoms with Gasteiger partial charge in [0.2, 0.25) is 94.5 Å². The lowest BCUT2D eigenvalue weighted by Crippen LogP contribution is -2.61. The second-order valence-corrected chi connectivity index (χ2v) is 37.0. The third kappa shape index (κ3) is 31.3. The molecule has 3 aromatic carbocycles. The summed E-state index contributed by atoms with van der Waals surface area (Å²) in [4.78, 5) is 281. The zero-order valence-corrected chi connectivity index (χ0v) is 81.2. The Bertz CT molecular complexity index is 5380. The third-order valence-corrected chi connectivity index (χ3v) is 25.9. The van der Waals surface area contributed by atoms with Crippen molar-refractivity contribution in [3.05, 3.63) is 120 Å². The number of aliphatic hydroxyl groups excluding tert-OH is 1. The second-order valence-electron chi connectivity index (χ2n) is 37.0. The molecule has 6 heterocycles. The minimum Gasteiger partial charge on any atom is -0.508 e. The van der Waals surface area contributed by atoms with Crippen molar-refractivity contribution in [3.63, 3.8) is 0 Å². The first-order chi connectivity index (χ1) is 67.2. The number of nitrogens with two attached hydrogens (primary N) is 3. The van der Waals surface area contributed by atoms with Gasteiger partial charge < -0.3 is 130 Å². The monoisotopic (exact) mass is 1960 g/mol. The van der Waals surface area contributed by atoms with Gasteiger partial charge in [-0.15, -0.1) is 0 Å². The van der Waals surface area contributed by atoms with E-state index in [9.17, 15) is 68.4 Å². The van der Waals surface area contributed by atoms with E-state index in [4.69, 9.17) is 17.2 Å². The summed E-state index contributed by atoms with van der Waals surface area (Å²) in [6.45, 7) is 6.83. The highest BCUT2D eigenvalue weighted by molar-refractivity contribution is 6.02. The van der Waals surface area contributed by atoms with E-state index >= 15 is 38.4 Å². The minimum atomic E-state index is -1.91. The first kappa shape index (κ1) is 111. The summed E-state index contributed by atoms with van der Waals surface area (Å²) in [6, 6.07) is -2.34. The third-order valence-electron chi connectivity index (χ3n) is 25.9. The van der Waals surface area contributed by atoms with Crippen LogP contribution in [0.4, 0.5) is 0 Å². The fraction of sp³-hybridized carbons (Fsp3) is 0.557. The molecule has 3 aliphatic heterocycles. The van der Waals surface area contributed by atoms with Crippen molar-refractivity contribution < 1.29 is 107 Å². The summed E-state index contributed by atoms with van der Waals surface area (Å²) in [7, 11) is 3.92. The molecular weight excluding hydrogens is 1830 g/mol. The number of likely N-dealkylation sites (N-methyl/N-ethyl adjacent to an activating group) is 3. The van der Waals surface area contributed by atoms with E-state index in [2.05, 4.69) is 68.1 Å². The largest absolute Gasteiger partial charge is 0.508 e. The molecule has 44 heteroatoms. The van der Waals surface area contributed by atoms with Crippen molar-refractivity contribution >= 4 is 128 Å². The number of nitrogens with one attached hydrogen (secondary N) is 12. The fourth-order valence-electron chi connectivity index (χ4n) is 18.1. The molecule has 6 aromatic rings. The molecule has 3 saturated heterocycles. The van der Waals surface area contributed by atoms with Gasteiger partial charge in [0.05, 0.1) is 31.1 Å². The first-order valence-electron chi connectivity index (χ1n) is 48.3. The molecule has 0 aliphatic carbocycles. The molecule has 768 valence electrons. The van der Waals surface area contributed by atoms with Gasteiger partial charge in [-0.05, 0) is 150 Å². The van der Waals surface area contributed by atoms with Gasteiger partial charge in [0.25, 0.3) is 0 Å². The number of carbonyl (C=O) groups excluding carboxylic acids is 16. The first-order valence-corrected chi connectivity index (χ1v) is 48.3. The lowest BCUT2D eigenvalue weighted by Gasteiger charge is -2.36. The van der Waals surface area contributed by atoms with Gasteiger partial charge in [0.1, 0.15) is 96.9 Å². The van der Waals surface area contributed by atoms with Crippen LogP contribution in [0.2, 0.25) is 0 Å². The van der Waals surface area contributed by atoms with E-state index in [0.717, 1.165) is 19.6 Å². The fourth-order valence-corrected chi connectivity index (χ4v) is 18.1. The number of H-pyrrole nitrogens is 2. The van der Waals surface area contributed by atoms with Crippen molar-refractivity contribution in [1.82, 2.24) is 97.2 Å². The van der Waals surface area contributed by atoms with Crippen LogP contribution in [0.25, 0.3) is 21.8 Å². The van der Waals surface area contributed by atoms with Gasteiger partial charge in [-0.2, -0.15) is 0 Å². The van der Waals surface area contributed by atoms with E-state index in [1.807, 2.05) is 13.8 Å². The maximum atomic E-state index is 16.1. The van der Waals surface area contributed by atoms with Crippen molar-refractivity contribution in [2.24, 2.45) is 23.1 Å². The molecule has 3 aliphatic rings. The van der Waals surface area contributed by atoms with Gasteiger partial charge in [-0.3, -0.25) is 86.3 Å². The van der Waals surface area contributed by atoms with Crippen molar-refractivity contribution in [2.75, 3.05) is 53.9 Å². The van der Waals surface area contributed by atoms with Crippen molar-refractivity contribution in [3.8, 4) is 5.75 Å². The van der Waals surface area contributed by atoms with E-state index in [0.29, 0.717) is 77.0 Å². The predicted molar refractivity (Wildman–Crippen MR) is 516 cm³/mol. The highest BCUT2D eigenvalue weighted by atomic mass is 16.4. The van der Waals surface area contributed by atoms with Crippen LogP contribution < -0.4 is 70.4 Å². The number of aromatic hydroxyl groups is 1. The number of hydrogen-bond donors (Lipinski definition) is 19. The van der Waals surface area contributed by atoms with Crippen LogP contribution in [0.3, 0.4) is 0 Å². The Morgan fingerprint density at radius 3 is 1.72 bits per heavy atom. The number of aromatic nitrogens is 4. The van der Waals surface area contributed by atoms with Gasteiger partial charge in [0.15, 0.2) is 0 Å². The van der Waals surface area contributed by atoms with E-state index in [1.54, 1.807) is 68.6 Å². The van der Waals surface area contributed by atoms with E-state index in [1.165, 1.54) is 80.5 Å². The van der Waals surface area contributed by atoms with Crippen LogP contribution in [0, 0.1) is 5.92 Å². The van der Waals surface area contributed by atoms with Crippen LogP contribution in [0.15, 0.2) is 97.7 Å². The smallest absolute Gasteiger partial charge is 0.323 e. The number of hydrogen-bond acceptors (Lipinski definition) is 23. The number of carbonyl (C=O) groups is 18. The lowest BCUT2D eigenvalue weighted by atomic mass is 9.99. The number of unbranched alkanes of at least 4 members (excludes halogenated alkanes) is 4. The van der Waals surface area contributed by atoms with Crippen molar-refractivity contribution in [2.45, 2.75) is 286 Å². The molecule has 44 nitrogen and oxygen atoms in total. The Kier molecular flexibility index (Phi) is 42.0. The number of benzene rings is 3. The molecule has 0 saturated carbocycles. The van der Waals surface area contributed by atoms with Gasteiger partial charge in [-0.1, -0.05) is 102 Å². The number of aliphatic carboxylic acids is 2. The summed E-state index contributed by atoms with van der Waals surface area (Å²) >= 11 is 0. The maximum Gasteiger partial charge on any atom is 0.323 e. The van der Waals surface area contributed by atoms with Crippen molar-refractivity contribution in [1.29, 1.82) is 0 Å². The summed E-state index contributed by atoms with van der Waals surface area (Å²) in [6.07, 6.45) is 3.12. The Morgan fingerprint density at radius 2 is 1.09 bits per heavy atom. The maximum absolute atomic E-state index is 16.1. The number of para-hydroxylation sites is 2. The van der Waals surface area contributed by atoms with E-state index < -0.39 is 236 Å². The molecule has 0 radical (unpaired) electrons. The standard InChI is InChI=1S/C97H138N22O22/c1-9-11-29-76-90(134)109-69(41-55(3)4)87(131)106-66(85(129)103-50-80(100)122)28-21-33-81(123)105-72(42-57-34-36-61(120)37-35-57)93(137)114(6)56(5)84(128)112-74(47-82(124)125)96(140)118-40-22-32-77(118)91(135)111-71(45-60-49-101-54-104-60)89(133)108-68(27-18-20-39-99)95(139)119-52-62(121)46-79(119)92(136)110-70(43-58-48-102-65-25-15-13-23-63(58)65)88(132)107-67(26-17-19-38-98)86(130)113-73(94(138)116(8)78(30-12-10-2)97(141)115(76)7)44-59-51-117(53-83(126)127)75-31-16-14-24-64(59)75/h13-16,23-25,31,34-37,48-49,51,54-56,62,66-74,76-79,102,120-121H,9-12,17-22,26-30,32-33,38-47,50,52-53,98-99H2,1-8H3,(H2,100,122)(H,101,104)(H,103,129)(H,105,123)(H,106,131)(H,107,132)(H,108,133)(H,109,134)(H,110,136)(H,111,135)(H,112,128)(H,113,130)(H,124,125)(H,126,127)/t56-,62+,66-,67-,68-,69-,70-,71-,72-,73-,74-,76-,77-,78-,79-/m0/s1. The molecule has 0 bridgehead atoms. The number of phenolic OH excluding ortho intramolecular Hbond substituents is 1. The predicted octanol–water partition coefficient (Wildman–Crippen LogP) is -0.332. The number of aromatic amines is 2. The number of nitrogens with zero attached hydrogens (tertiary/aromatic N) is 7. The average molecular weight is 1960 g/mol. The zero-order valence-electron chi connectivity index (χ0n) is 81.2. The quantitative estimate of drug-likeness (QED) is 0.0248. The Labute approximate surface area is 817 Å². The van der Waals surface area contributed by atoms with Crippen LogP contribution in [0.5, 0.6) is 5.75 Å². The number of fused-ring (bicyclic) bond motifs is 4. The molecular formula is C97H138N22O22.